The summed E-state index contributed by atoms with van der Waals surface area (Å²) in [6, 6.07) is 15.0. The highest BCUT2D eigenvalue weighted by molar-refractivity contribution is 5.87. The summed E-state index contributed by atoms with van der Waals surface area (Å²) >= 11 is 0. The van der Waals surface area contributed by atoms with Crippen LogP contribution in [0.1, 0.15) is 38.3 Å². The second kappa shape index (κ2) is 10.6. The van der Waals surface area contributed by atoms with Gasteiger partial charge in [-0.3, -0.25) is 9.59 Å². The van der Waals surface area contributed by atoms with Gasteiger partial charge >= 0.3 is 0 Å². The van der Waals surface area contributed by atoms with Crippen LogP contribution < -0.4 is 5.32 Å². The molecule has 28 heavy (non-hydrogen) atoms. The molecule has 0 radical (unpaired) electrons. The molecule has 2 aromatic carbocycles. The first-order valence-corrected chi connectivity index (χ1v) is 9.70. The molecule has 1 N–H and O–H groups in total. The molecule has 150 valence electrons. The number of carbonyl (C=O) groups is 2. The molecule has 0 spiro atoms. The van der Waals surface area contributed by atoms with Gasteiger partial charge in [-0.05, 0) is 35.6 Å². The quantitative estimate of drug-likeness (QED) is 0.712. The zero-order chi connectivity index (χ0) is 20.5. The maximum absolute atomic E-state index is 13.2. The molecule has 0 fully saturated rings. The number of carbonyl (C=O) groups excluding carboxylic acids is 2. The van der Waals surface area contributed by atoms with E-state index in [2.05, 4.69) is 19.2 Å². The third-order valence-corrected chi connectivity index (χ3v) is 4.64. The maximum Gasteiger partial charge on any atom is 0.243 e. The summed E-state index contributed by atoms with van der Waals surface area (Å²) in [4.78, 5) is 26.9. The summed E-state index contributed by atoms with van der Waals surface area (Å²) in [5.74, 6) is -0.201. The zero-order valence-corrected chi connectivity index (χ0v) is 16.8. The number of amides is 2. The first-order chi connectivity index (χ1) is 13.4. The van der Waals surface area contributed by atoms with Crippen LogP contribution in [0.3, 0.4) is 0 Å². The van der Waals surface area contributed by atoms with Gasteiger partial charge < -0.3 is 10.2 Å². The normalized spacial score (nSPS) is 11.9. The van der Waals surface area contributed by atoms with Gasteiger partial charge in [0, 0.05) is 26.4 Å². The molecule has 5 heteroatoms. The van der Waals surface area contributed by atoms with E-state index in [1.807, 2.05) is 30.3 Å². The van der Waals surface area contributed by atoms with Crippen molar-refractivity contribution in [3.63, 3.8) is 0 Å². The van der Waals surface area contributed by atoms with Gasteiger partial charge in [-0.15, -0.1) is 0 Å². The molecule has 2 rings (SSSR count). The number of nitrogens with one attached hydrogen (secondary N) is 1. The molecular formula is C23H29FN2O2. The van der Waals surface area contributed by atoms with E-state index in [1.54, 1.807) is 17.0 Å². The molecule has 0 aliphatic carbocycles. The van der Waals surface area contributed by atoms with Crippen LogP contribution in [0.25, 0.3) is 0 Å². The standard InChI is InChI=1S/C23H29FN2O2/c1-17(2)13-14-25-23(28)22(15-19-7-5-4-6-8-19)26(18(3)27)16-20-9-11-21(24)12-10-20/h4-12,17,22H,13-16H2,1-3H3,(H,25,28)/t22-/m0/s1. The average Bonchev–Trinajstić information content (AvgIpc) is 2.66. The number of hydrogen-bond acceptors (Lipinski definition) is 2. The summed E-state index contributed by atoms with van der Waals surface area (Å²) in [6.07, 6.45) is 1.30. The van der Waals surface area contributed by atoms with Gasteiger partial charge in [-0.1, -0.05) is 56.3 Å². The van der Waals surface area contributed by atoms with Crippen LogP contribution in [0.5, 0.6) is 0 Å². The molecular weight excluding hydrogens is 355 g/mol. The van der Waals surface area contributed by atoms with E-state index in [9.17, 15) is 14.0 Å². The van der Waals surface area contributed by atoms with E-state index in [4.69, 9.17) is 0 Å². The van der Waals surface area contributed by atoms with Gasteiger partial charge in [-0.25, -0.2) is 4.39 Å². The van der Waals surface area contributed by atoms with Crippen molar-refractivity contribution in [3.05, 3.63) is 71.5 Å². The molecule has 2 amide bonds. The largest absolute Gasteiger partial charge is 0.354 e. The lowest BCUT2D eigenvalue weighted by molar-refractivity contribution is -0.139. The van der Waals surface area contributed by atoms with Gasteiger partial charge in [0.25, 0.3) is 0 Å². The third-order valence-electron chi connectivity index (χ3n) is 4.64. The summed E-state index contributed by atoms with van der Waals surface area (Å²) < 4.78 is 13.2. The predicted octanol–water partition coefficient (Wildman–Crippen LogP) is 3.95. The molecule has 2 aromatic rings. The average molecular weight is 384 g/mol. The van der Waals surface area contributed by atoms with Gasteiger partial charge in [0.2, 0.25) is 11.8 Å². The summed E-state index contributed by atoms with van der Waals surface area (Å²) in [6.45, 7) is 6.49. The van der Waals surface area contributed by atoms with Crippen LogP contribution >= 0.6 is 0 Å². The Morgan fingerprint density at radius 1 is 1.00 bits per heavy atom. The van der Waals surface area contributed by atoms with E-state index >= 15 is 0 Å². The molecule has 0 aliphatic heterocycles. The second-order valence-electron chi connectivity index (χ2n) is 7.45. The topological polar surface area (TPSA) is 49.4 Å². The molecule has 1 atom stereocenters. The first kappa shape index (κ1) is 21.6. The third kappa shape index (κ3) is 6.80. The van der Waals surface area contributed by atoms with Crippen molar-refractivity contribution < 1.29 is 14.0 Å². The molecule has 4 nitrogen and oxygen atoms in total. The van der Waals surface area contributed by atoms with Crippen LogP contribution in [0.4, 0.5) is 4.39 Å². The minimum Gasteiger partial charge on any atom is -0.354 e. The van der Waals surface area contributed by atoms with Crippen molar-refractivity contribution in [2.24, 2.45) is 5.92 Å². The Labute approximate surface area is 166 Å². The van der Waals surface area contributed by atoms with Crippen LogP contribution in [0.15, 0.2) is 54.6 Å². The van der Waals surface area contributed by atoms with E-state index in [0.717, 1.165) is 17.5 Å². The van der Waals surface area contributed by atoms with Gasteiger partial charge in [-0.2, -0.15) is 0 Å². The lowest BCUT2D eigenvalue weighted by atomic mass is 10.0. The van der Waals surface area contributed by atoms with Crippen molar-refractivity contribution in [1.29, 1.82) is 0 Å². The smallest absolute Gasteiger partial charge is 0.243 e. The van der Waals surface area contributed by atoms with Crippen molar-refractivity contribution in [3.8, 4) is 0 Å². The van der Waals surface area contributed by atoms with E-state index in [-0.39, 0.29) is 24.2 Å². The lowest BCUT2D eigenvalue weighted by Gasteiger charge is -2.30. The highest BCUT2D eigenvalue weighted by Gasteiger charge is 2.28. The minimum atomic E-state index is -0.628. The Kier molecular flexibility index (Phi) is 8.18. The predicted molar refractivity (Wildman–Crippen MR) is 109 cm³/mol. The monoisotopic (exact) mass is 384 g/mol. The Bertz CT molecular complexity index is 760. The van der Waals surface area contributed by atoms with E-state index in [1.165, 1.54) is 19.1 Å². The fraction of sp³-hybridized carbons (Fsp3) is 0.391. The molecule has 0 saturated carbocycles. The summed E-state index contributed by atoms with van der Waals surface area (Å²) in [5, 5.41) is 2.97. The van der Waals surface area contributed by atoms with Crippen LogP contribution in [0.2, 0.25) is 0 Å². The van der Waals surface area contributed by atoms with Crippen molar-refractivity contribution in [2.45, 2.75) is 46.2 Å². The Morgan fingerprint density at radius 3 is 2.21 bits per heavy atom. The first-order valence-electron chi connectivity index (χ1n) is 9.70. The maximum atomic E-state index is 13.2. The second-order valence-corrected chi connectivity index (χ2v) is 7.45. The summed E-state index contributed by atoms with van der Waals surface area (Å²) in [5.41, 5.74) is 1.77. The molecule has 0 aliphatic rings. The Morgan fingerprint density at radius 2 is 1.64 bits per heavy atom. The Hall–Kier alpha value is -2.69. The number of benzene rings is 2. The molecule has 0 saturated heterocycles. The number of hydrogen-bond donors (Lipinski definition) is 1. The SMILES string of the molecule is CC(=O)N(Cc1ccc(F)cc1)[C@@H](Cc1ccccc1)C(=O)NCCC(C)C. The fourth-order valence-corrected chi connectivity index (χ4v) is 3.01. The number of nitrogens with zero attached hydrogens (tertiary/aromatic N) is 1. The number of halogens is 1. The van der Waals surface area contributed by atoms with Crippen LogP contribution in [0, 0.1) is 11.7 Å². The molecule has 0 heterocycles. The van der Waals surface area contributed by atoms with Crippen molar-refractivity contribution in [2.75, 3.05) is 6.54 Å². The number of rotatable bonds is 9. The highest BCUT2D eigenvalue weighted by atomic mass is 19.1. The Balaban J connectivity index is 2.22. The molecule has 0 unspecified atom stereocenters. The summed E-state index contributed by atoms with van der Waals surface area (Å²) in [7, 11) is 0. The highest BCUT2D eigenvalue weighted by Crippen LogP contribution is 2.15. The minimum absolute atomic E-state index is 0.165. The zero-order valence-electron chi connectivity index (χ0n) is 16.8. The van der Waals surface area contributed by atoms with E-state index < -0.39 is 6.04 Å². The lowest BCUT2D eigenvalue weighted by Crippen LogP contribution is -2.50. The molecule has 0 aromatic heterocycles. The van der Waals surface area contributed by atoms with Crippen LogP contribution in [-0.2, 0) is 22.6 Å². The van der Waals surface area contributed by atoms with Crippen LogP contribution in [-0.4, -0.2) is 29.3 Å². The van der Waals surface area contributed by atoms with Gasteiger partial charge in [0.1, 0.15) is 11.9 Å². The fourth-order valence-electron chi connectivity index (χ4n) is 3.01. The van der Waals surface area contributed by atoms with E-state index in [0.29, 0.717) is 18.9 Å². The molecule has 0 bridgehead atoms. The van der Waals surface area contributed by atoms with Crippen molar-refractivity contribution in [1.82, 2.24) is 10.2 Å². The van der Waals surface area contributed by atoms with Gasteiger partial charge in [0.15, 0.2) is 0 Å². The van der Waals surface area contributed by atoms with Crippen molar-refractivity contribution >= 4 is 11.8 Å². The van der Waals surface area contributed by atoms with Gasteiger partial charge in [0.05, 0.1) is 0 Å².